The predicted octanol–water partition coefficient (Wildman–Crippen LogP) is 3.75. The third-order valence-corrected chi connectivity index (χ3v) is 4.67. The molecular weight excluding hydrogens is 382 g/mol. The van der Waals surface area contributed by atoms with Crippen LogP contribution in [0.4, 0.5) is 5.69 Å². The summed E-state index contributed by atoms with van der Waals surface area (Å²) in [5, 5.41) is 3.17. The van der Waals surface area contributed by atoms with Crippen molar-refractivity contribution in [2.24, 2.45) is 0 Å². The number of para-hydroxylation sites is 3. The van der Waals surface area contributed by atoms with Crippen molar-refractivity contribution < 1.29 is 9.53 Å². The van der Waals surface area contributed by atoms with Crippen molar-refractivity contribution in [3.63, 3.8) is 0 Å². The van der Waals surface area contributed by atoms with Crippen molar-refractivity contribution in [1.29, 1.82) is 0 Å². The molecule has 0 aliphatic rings. The molecule has 0 atom stereocenters. The third kappa shape index (κ3) is 3.73. The van der Waals surface area contributed by atoms with Gasteiger partial charge in [0.1, 0.15) is 5.75 Å². The number of fused-ring (bicyclic) bond motifs is 1. The number of carbonyl (C=O) groups excluding carboxylic acids is 1. The molecule has 150 valence electrons. The monoisotopic (exact) mass is 401 g/mol. The summed E-state index contributed by atoms with van der Waals surface area (Å²) in [4.78, 5) is 39.9. The molecule has 2 N–H and O–H groups in total. The van der Waals surface area contributed by atoms with Gasteiger partial charge in [-0.2, -0.15) is 0 Å². The zero-order chi connectivity index (χ0) is 21.1. The second-order valence-electron chi connectivity index (χ2n) is 6.61. The minimum absolute atomic E-state index is 0.268. The average molecular weight is 401 g/mol. The van der Waals surface area contributed by atoms with E-state index in [1.807, 2.05) is 36.4 Å². The average Bonchev–Trinajstić information content (AvgIpc) is 2.75. The van der Waals surface area contributed by atoms with Crippen LogP contribution < -0.4 is 21.3 Å². The second kappa shape index (κ2) is 8.08. The van der Waals surface area contributed by atoms with Crippen LogP contribution in [-0.4, -0.2) is 15.5 Å². The molecule has 4 rings (SSSR count). The number of anilines is 1. The van der Waals surface area contributed by atoms with Crippen LogP contribution in [-0.2, 0) is 6.54 Å². The molecule has 0 aliphatic heterocycles. The van der Waals surface area contributed by atoms with Crippen molar-refractivity contribution in [3.8, 4) is 11.5 Å². The molecule has 0 fully saturated rings. The topological polar surface area (TPSA) is 93.2 Å². The van der Waals surface area contributed by atoms with E-state index in [-0.39, 0.29) is 18.0 Å². The largest absolute Gasteiger partial charge is 0.455 e. The summed E-state index contributed by atoms with van der Waals surface area (Å²) < 4.78 is 6.98. The van der Waals surface area contributed by atoms with Gasteiger partial charge in [-0.25, -0.2) is 4.79 Å². The number of carbonyl (C=O) groups is 1. The van der Waals surface area contributed by atoms with Crippen molar-refractivity contribution in [2.45, 2.75) is 13.5 Å². The first-order valence-corrected chi connectivity index (χ1v) is 9.47. The lowest BCUT2D eigenvalue weighted by atomic mass is 10.1. The summed E-state index contributed by atoms with van der Waals surface area (Å²) in [5.74, 6) is 0.758. The minimum Gasteiger partial charge on any atom is -0.455 e. The zero-order valence-corrected chi connectivity index (χ0v) is 16.2. The second-order valence-corrected chi connectivity index (χ2v) is 6.61. The maximum atomic E-state index is 12.8. The predicted molar refractivity (Wildman–Crippen MR) is 115 cm³/mol. The summed E-state index contributed by atoms with van der Waals surface area (Å²) in [6.07, 6.45) is 0. The van der Waals surface area contributed by atoms with Gasteiger partial charge in [-0.3, -0.25) is 14.2 Å². The van der Waals surface area contributed by atoms with Gasteiger partial charge in [0.25, 0.3) is 11.5 Å². The molecule has 7 nitrogen and oxygen atoms in total. The normalized spacial score (nSPS) is 10.7. The van der Waals surface area contributed by atoms with Gasteiger partial charge in [0.05, 0.1) is 16.6 Å². The SMILES string of the molecule is CCn1c(=O)[nH]c2cc(C(=O)Nc3ccccc3Oc3ccccc3)ccc2c1=O. The molecule has 0 radical (unpaired) electrons. The fourth-order valence-corrected chi connectivity index (χ4v) is 3.15. The quantitative estimate of drug-likeness (QED) is 0.533. The van der Waals surface area contributed by atoms with Gasteiger partial charge in [0.15, 0.2) is 5.75 Å². The molecule has 0 saturated carbocycles. The molecule has 30 heavy (non-hydrogen) atoms. The Morgan fingerprint density at radius 3 is 2.50 bits per heavy atom. The van der Waals surface area contributed by atoms with Crippen LogP contribution in [0.2, 0.25) is 0 Å². The van der Waals surface area contributed by atoms with Crippen LogP contribution in [0.25, 0.3) is 10.9 Å². The molecule has 1 heterocycles. The first-order chi connectivity index (χ1) is 14.6. The van der Waals surface area contributed by atoms with Gasteiger partial charge in [-0.15, -0.1) is 0 Å². The van der Waals surface area contributed by atoms with Gasteiger partial charge in [0, 0.05) is 12.1 Å². The Kier molecular flexibility index (Phi) is 5.17. The van der Waals surface area contributed by atoms with E-state index in [9.17, 15) is 14.4 Å². The number of rotatable bonds is 5. The molecule has 0 saturated heterocycles. The smallest absolute Gasteiger partial charge is 0.328 e. The number of H-pyrrole nitrogens is 1. The van der Waals surface area contributed by atoms with Crippen LogP contribution >= 0.6 is 0 Å². The lowest BCUT2D eigenvalue weighted by molar-refractivity contribution is 0.102. The van der Waals surface area contributed by atoms with Crippen molar-refractivity contribution in [3.05, 3.63) is 99.2 Å². The number of nitrogens with one attached hydrogen (secondary N) is 2. The maximum absolute atomic E-state index is 12.8. The van der Waals surface area contributed by atoms with Crippen LogP contribution in [0.15, 0.2) is 82.4 Å². The standard InChI is InChI=1S/C23H19N3O4/c1-2-26-22(28)17-13-12-15(14-19(17)25-23(26)29)21(27)24-18-10-6-7-11-20(18)30-16-8-4-3-5-9-16/h3-14H,2H2,1H3,(H,24,27)(H,25,29). The first-order valence-electron chi connectivity index (χ1n) is 9.47. The molecule has 0 bridgehead atoms. The Morgan fingerprint density at radius 2 is 1.73 bits per heavy atom. The number of nitrogens with zero attached hydrogens (tertiary/aromatic N) is 1. The highest BCUT2D eigenvalue weighted by Gasteiger charge is 2.13. The fraction of sp³-hybridized carbons (Fsp3) is 0.0870. The summed E-state index contributed by atoms with van der Waals surface area (Å²) >= 11 is 0. The molecule has 0 aliphatic carbocycles. The van der Waals surface area contributed by atoms with E-state index in [1.165, 1.54) is 6.07 Å². The van der Waals surface area contributed by atoms with E-state index in [0.717, 1.165) is 4.57 Å². The van der Waals surface area contributed by atoms with Gasteiger partial charge >= 0.3 is 5.69 Å². The van der Waals surface area contributed by atoms with Crippen molar-refractivity contribution in [2.75, 3.05) is 5.32 Å². The maximum Gasteiger partial charge on any atom is 0.328 e. The van der Waals surface area contributed by atoms with E-state index in [1.54, 1.807) is 37.3 Å². The number of aromatic nitrogens is 2. The molecule has 1 aromatic heterocycles. The lowest BCUT2D eigenvalue weighted by Crippen LogP contribution is -2.34. The van der Waals surface area contributed by atoms with Crippen molar-refractivity contribution in [1.82, 2.24) is 9.55 Å². The van der Waals surface area contributed by atoms with Gasteiger partial charge < -0.3 is 15.0 Å². The number of benzene rings is 3. The van der Waals surface area contributed by atoms with Gasteiger partial charge in [-0.05, 0) is 49.4 Å². The third-order valence-electron chi connectivity index (χ3n) is 4.67. The first kappa shape index (κ1) is 19.2. The van der Waals surface area contributed by atoms with Crippen molar-refractivity contribution >= 4 is 22.5 Å². The summed E-state index contributed by atoms with van der Waals surface area (Å²) in [6, 6.07) is 20.9. The van der Waals surface area contributed by atoms with Crippen LogP contribution in [0, 0.1) is 0 Å². The minimum atomic E-state index is -0.505. The molecule has 3 aromatic carbocycles. The van der Waals surface area contributed by atoms with E-state index in [0.29, 0.717) is 33.7 Å². The highest BCUT2D eigenvalue weighted by molar-refractivity contribution is 6.06. The summed E-state index contributed by atoms with van der Waals surface area (Å²) in [6.45, 7) is 1.99. The molecule has 1 amide bonds. The number of aromatic amines is 1. The highest BCUT2D eigenvalue weighted by Crippen LogP contribution is 2.29. The number of ether oxygens (including phenoxy) is 1. The molecule has 4 aromatic rings. The molecular formula is C23H19N3O4. The van der Waals surface area contributed by atoms with E-state index in [4.69, 9.17) is 4.74 Å². The van der Waals surface area contributed by atoms with Crippen LogP contribution in [0.1, 0.15) is 17.3 Å². The molecule has 0 unspecified atom stereocenters. The highest BCUT2D eigenvalue weighted by atomic mass is 16.5. The number of hydrogen-bond acceptors (Lipinski definition) is 4. The summed E-state index contributed by atoms with van der Waals surface area (Å²) in [5.41, 5.74) is 0.234. The van der Waals surface area contributed by atoms with Gasteiger partial charge in [0.2, 0.25) is 0 Å². The molecule has 0 spiro atoms. The summed E-state index contributed by atoms with van der Waals surface area (Å²) in [7, 11) is 0. The van der Waals surface area contributed by atoms with Crippen LogP contribution in [0.3, 0.4) is 0 Å². The van der Waals surface area contributed by atoms with Crippen LogP contribution in [0.5, 0.6) is 11.5 Å². The van der Waals surface area contributed by atoms with E-state index < -0.39 is 5.69 Å². The van der Waals surface area contributed by atoms with E-state index in [2.05, 4.69) is 10.3 Å². The lowest BCUT2D eigenvalue weighted by Gasteiger charge is -2.12. The van der Waals surface area contributed by atoms with Gasteiger partial charge in [-0.1, -0.05) is 30.3 Å². The number of hydrogen-bond donors (Lipinski definition) is 2. The fourth-order valence-electron chi connectivity index (χ4n) is 3.15. The van der Waals surface area contributed by atoms with E-state index >= 15 is 0 Å². The number of amides is 1. The Bertz CT molecular complexity index is 1340. The Labute approximate surface area is 171 Å². The Balaban J connectivity index is 1.64. The molecule has 7 heteroatoms. The Hall–Kier alpha value is -4.13. The zero-order valence-electron chi connectivity index (χ0n) is 16.2. The Morgan fingerprint density at radius 1 is 1.00 bits per heavy atom.